The Kier molecular flexibility index (Phi) is 2.75. The second kappa shape index (κ2) is 4.53. The number of nitrogens with two attached hydrogens (primary N) is 1. The first-order valence-electron chi connectivity index (χ1n) is 7.44. The molecular formula is C15H19N3O3. The average Bonchev–Trinajstić information content (AvgIpc) is 2.70. The smallest absolute Gasteiger partial charge is 0.262 e. The van der Waals surface area contributed by atoms with Crippen LogP contribution in [-0.2, 0) is 4.79 Å². The van der Waals surface area contributed by atoms with E-state index in [1.165, 1.54) is 0 Å². The van der Waals surface area contributed by atoms with Crippen molar-refractivity contribution in [2.75, 3.05) is 22.6 Å². The molecule has 2 unspecified atom stereocenters. The molecule has 2 bridgehead atoms. The molecular weight excluding hydrogens is 270 g/mol. The maximum Gasteiger partial charge on any atom is 0.262 e. The third-order valence-corrected chi connectivity index (χ3v) is 4.75. The molecule has 2 atom stereocenters. The number of carbonyl (C=O) groups excluding carboxylic acids is 1. The lowest BCUT2D eigenvalue weighted by molar-refractivity contribution is -0.118. The van der Waals surface area contributed by atoms with Gasteiger partial charge in [-0.3, -0.25) is 4.79 Å². The zero-order chi connectivity index (χ0) is 14.6. The van der Waals surface area contributed by atoms with Crippen molar-refractivity contribution in [2.24, 2.45) is 0 Å². The quantitative estimate of drug-likeness (QED) is 0.674. The Balaban J connectivity index is 1.72. The normalized spacial score (nSPS) is 30.6. The van der Waals surface area contributed by atoms with E-state index in [1.54, 1.807) is 6.07 Å². The van der Waals surface area contributed by atoms with Gasteiger partial charge in [0.2, 0.25) is 0 Å². The summed E-state index contributed by atoms with van der Waals surface area (Å²) in [4.78, 5) is 13.8. The van der Waals surface area contributed by atoms with Gasteiger partial charge in [0.05, 0.1) is 23.2 Å². The predicted molar refractivity (Wildman–Crippen MR) is 79.5 cm³/mol. The van der Waals surface area contributed by atoms with Gasteiger partial charge >= 0.3 is 0 Å². The standard InChI is InChI=1S/C15H19N3O3/c16-11-5-14-12(17-15(20)7-21-14)6-13(11)18-8-1-2-9(18)4-10(19)3-8/h5-6,8-10,19H,1-4,7,16H2,(H,17,20). The van der Waals surface area contributed by atoms with Gasteiger partial charge in [0.25, 0.3) is 5.91 Å². The lowest BCUT2D eigenvalue weighted by Gasteiger charge is -2.40. The van der Waals surface area contributed by atoms with Gasteiger partial charge < -0.3 is 25.8 Å². The number of rotatable bonds is 1. The molecule has 3 aliphatic heterocycles. The van der Waals surface area contributed by atoms with Crippen LogP contribution in [0.5, 0.6) is 5.75 Å². The van der Waals surface area contributed by atoms with Crippen molar-refractivity contribution in [2.45, 2.75) is 43.9 Å². The van der Waals surface area contributed by atoms with Crippen LogP contribution in [0.3, 0.4) is 0 Å². The molecule has 0 aromatic heterocycles. The highest BCUT2D eigenvalue weighted by molar-refractivity contribution is 5.97. The van der Waals surface area contributed by atoms with Crippen LogP contribution in [0.15, 0.2) is 12.1 Å². The van der Waals surface area contributed by atoms with Gasteiger partial charge in [0, 0.05) is 18.2 Å². The number of nitrogens with zero attached hydrogens (tertiary/aromatic N) is 1. The molecule has 4 rings (SSSR count). The minimum atomic E-state index is -0.208. The zero-order valence-electron chi connectivity index (χ0n) is 11.7. The monoisotopic (exact) mass is 289 g/mol. The molecule has 1 aromatic carbocycles. The predicted octanol–water partition coefficient (Wildman–Crippen LogP) is 1.09. The molecule has 3 heterocycles. The summed E-state index contributed by atoms with van der Waals surface area (Å²) in [6, 6.07) is 4.36. The molecule has 1 aromatic rings. The van der Waals surface area contributed by atoms with Crippen LogP contribution in [0, 0.1) is 0 Å². The summed E-state index contributed by atoms with van der Waals surface area (Å²) in [5, 5.41) is 12.7. The van der Waals surface area contributed by atoms with Gasteiger partial charge in [-0.1, -0.05) is 0 Å². The number of hydrogen-bond acceptors (Lipinski definition) is 5. The summed E-state index contributed by atoms with van der Waals surface area (Å²) in [7, 11) is 0. The van der Waals surface area contributed by atoms with Gasteiger partial charge in [-0.15, -0.1) is 0 Å². The first-order chi connectivity index (χ1) is 10.1. The second-order valence-corrected chi connectivity index (χ2v) is 6.16. The van der Waals surface area contributed by atoms with Crippen LogP contribution in [0.1, 0.15) is 25.7 Å². The summed E-state index contributed by atoms with van der Waals surface area (Å²) in [6.45, 7) is 0.0347. The second-order valence-electron chi connectivity index (χ2n) is 6.16. The van der Waals surface area contributed by atoms with Crippen LogP contribution in [0.4, 0.5) is 17.1 Å². The van der Waals surface area contributed by atoms with Gasteiger partial charge in [0.15, 0.2) is 6.61 Å². The molecule has 3 aliphatic rings. The SMILES string of the molecule is Nc1cc2c(cc1N1C3CCC1CC(O)C3)NC(=O)CO2. The highest BCUT2D eigenvalue weighted by Crippen LogP contribution is 2.44. The van der Waals surface area contributed by atoms with Crippen molar-refractivity contribution < 1.29 is 14.6 Å². The number of nitrogen functional groups attached to an aromatic ring is 1. The number of fused-ring (bicyclic) bond motifs is 3. The Morgan fingerprint density at radius 3 is 2.71 bits per heavy atom. The minimum absolute atomic E-state index is 0.0347. The van der Waals surface area contributed by atoms with E-state index >= 15 is 0 Å². The molecule has 2 saturated heterocycles. The first kappa shape index (κ1) is 12.8. The number of benzene rings is 1. The largest absolute Gasteiger partial charge is 0.482 e. The van der Waals surface area contributed by atoms with Crippen LogP contribution in [-0.4, -0.2) is 35.8 Å². The molecule has 0 aliphatic carbocycles. The lowest BCUT2D eigenvalue weighted by atomic mass is 9.98. The Morgan fingerprint density at radius 1 is 1.29 bits per heavy atom. The molecule has 6 heteroatoms. The van der Waals surface area contributed by atoms with E-state index in [-0.39, 0.29) is 18.6 Å². The number of hydrogen-bond donors (Lipinski definition) is 3. The molecule has 4 N–H and O–H groups in total. The Hall–Kier alpha value is -1.95. The van der Waals surface area contributed by atoms with E-state index in [9.17, 15) is 9.90 Å². The van der Waals surface area contributed by atoms with E-state index in [0.717, 1.165) is 31.4 Å². The van der Waals surface area contributed by atoms with Crippen molar-refractivity contribution in [1.82, 2.24) is 0 Å². The zero-order valence-corrected chi connectivity index (χ0v) is 11.7. The number of anilines is 3. The van der Waals surface area contributed by atoms with E-state index in [1.807, 2.05) is 6.07 Å². The molecule has 112 valence electrons. The number of ether oxygens (including phenoxy) is 1. The third kappa shape index (κ3) is 2.01. The lowest BCUT2D eigenvalue weighted by Crippen LogP contribution is -2.45. The Labute approximate surface area is 122 Å². The minimum Gasteiger partial charge on any atom is -0.482 e. The highest BCUT2D eigenvalue weighted by atomic mass is 16.5. The first-order valence-corrected chi connectivity index (χ1v) is 7.44. The summed E-state index contributed by atoms with van der Waals surface area (Å²) < 4.78 is 5.39. The van der Waals surface area contributed by atoms with E-state index < -0.39 is 0 Å². The van der Waals surface area contributed by atoms with Crippen molar-refractivity contribution in [3.05, 3.63) is 12.1 Å². The molecule has 0 radical (unpaired) electrons. The molecule has 1 amide bonds. The fourth-order valence-corrected chi connectivity index (χ4v) is 3.90. The van der Waals surface area contributed by atoms with Crippen molar-refractivity contribution in [1.29, 1.82) is 0 Å². The number of aliphatic hydroxyl groups excluding tert-OH is 1. The number of piperidine rings is 1. The number of aliphatic hydroxyl groups is 1. The molecule has 0 saturated carbocycles. The van der Waals surface area contributed by atoms with Crippen molar-refractivity contribution in [3.8, 4) is 5.75 Å². The topological polar surface area (TPSA) is 87.8 Å². The van der Waals surface area contributed by atoms with Crippen LogP contribution in [0.2, 0.25) is 0 Å². The summed E-state index contributed by atoms with van der Waals surface area (Å²) in [6.07, 6.45) is 3.54. The Bertz CT molecular complexity index is 590. The number of carbonyl (C=O) groups is 1. The van der Waals surface area contributed by atoms with Crippen LogP contribution >= 0.6 is 0 Å². The molecule has 0 spiro atoms. The fourth-order valence-electron chi connectivity index (χ4n) is 3.90. The Morgan fingerprint density at radius 2 is 2.00 bits per heavy atom. The maximum absolute atomic E-state index is 11.5. The molecule has 21 heavy (non-hydrogen) atoms. The number of nitrogens with one attached hydrogen (secondary N) is 1. The van der Waals surface area contributed by atoms with Crippen molar-refractivity contribution >= 4 is 23.0 Å². The summed E-state index contributed by atoms with van der Waals surface area (Å²) >= 11 is 0. The van der Waals surface area contributed by atoms with E-state index in [4.69, 9.17) is 10.5 Å². The number of amides is 1. The maximum atomic E-state index is 11.5. The van der Waals surface area contributed by atoms with Crippen LogP contribution in [0.25, 0.3) is 0 Å². The third-order valence-electron chi connectivity index (χ3n) is 4.75. The van der Waals surface area contributed by atoms with Crippen LogP contribution < -0.4 is 20.7 Å². The molecule has 6 nitrogen and oxygen atoms in total. The van der Waals surface area contributed by atoms with Gasteiger partial charge in [-0.2, -0.15) is 0 Å². The summed E-state index contributed by atoms with van der Waals surface area (Å²) in [5.41, 5.74) is 8.49. The highest BCUT2D eigenvalue weighted by Gasteiger charge is 2.41. The molecule has 2 fully saturated rings. The van der Waals surface area contributed by atoms with E-state index in [2.05, 4.69) is 10.2 Å². The van der Waals surface area contributed by atoms with E-state index in [0.29, 0.717) is 29.2 Å². The van der Waals surface area contributed by atoms with Gasteiger partial charge in [-0.05, 0) is 31.7 Å². The van der Waals surface area contributed by atoms with Gasteiger partial charge in [0.1, 0.15) is 5.75 Å². The fraction of sp³-hybridized carbons (Fsp3) is 0.533. The summed E-state index contributed by atoms with van der Waals surface area (Å²) in [5.74, 6) is 0.482. The average molecular weight is 289 g/mol. The van der Waals surface area contributed by atoms with Crippen molar-refractivity contribution in [3.63, 3.8) is 0 Å². The van der Waals surface area contributed by atoms with Gasteiger partial charge in [-0.25, -0.2) is 0 Å².